The van der Waals surface area contributed by atoms with Crippen molar-refractivity contribution in [2.24, 2.45) is 0 Å². The minimum absolute atomic E-state index is 0.162. The largest absolute Gasteiger partial charge is 0.443 e. The Morgan fingerprint density at radius 2 is 1.17 bits per heavy atom. The average Bonchev–Trinajstić information content (AvgIpc) is 3.05. The van der Waals surface area contributed by atoms with E-state index >= 15 is 0 Å². The third-order valence-corrected chi connectivity index (χ3v) is 9.92. The molecule has 0 spiro atoms. The van der Waals surface area contributed by atoms with Crippen molar-refractivity contribution in [3.05, 3.63) is 29.8 Å². The second-order valence-electron chi connectivity index (χ2n) is 10.8. The minimum Gasteiger partial charge on any atom is -0.443 e. The lowest BCUT2D eigenvalue weighted by molar-refractivity contribution is -0.131. The van der Waals surface area contributed by atoms with Gasteiger partial charge in [0, 0.05) is 46.6 Å². The molecule has 1 rings (SSSR count). The molecule has 0 aromatic heterocycles. The zero-order valence-electron chi connectivity index (χ0n) is 28.9. The summed E-state index contributed by atoms with van der Waals surface area (Å²) in [4.78, 5) is 51.8. The lowest BCUT2D eigenvalue weighted by Gasteiger charge is -2.30. The van der Waals surface area contributed by atoms with Crippen LogP contribution in [0, 0.1) is 0 Å². The number of hydrogen-bond donors (Lipinski definition) is 4. The fourth-order valence-electron chi connectivity index (χ4n) is 3.93. The second kappa shape index (κ2) is 26.6. The van der Waals surface area contributed by atoms with Gasteiger partial charge in [-0.25, -0.2) is 0 Å². The zero-order valence-corrected chi connectivity index (χ0v) is 30.6. The molecule has 2 unspecified atom stereocenters. The van der Waals surface area contributed by atoms with Gasteiger partial charge in [0.1, 0.15) is 5.75 Å². The lowest BCUT2D eigenvalue weighted by atomic mass is 10.0. The molecule has 1 aromatic rings. The predicted octanol–water partition coefficient (Wildman–Crippen LogP) is 0.326. The molecule has 0 saturated heterocycles. The highest BCUT2D eigenvalue weighted by atomic mass is 32.5. The Morgan fingerprint density at radius 3 is 1.58 bits per heavy atom. The first kappa shape index (κ1) is 43.8. The van der Waals surface area contributed by atoms with Crippen LogP contribution in [0.2, 0.25) is 0 Å². The van der Waals surface area contributed by atoms with E-state index in [4.69, 9.17) is 44.8 Å². The van der Waals surface area contributed by atoms with Gasteiger partial charge in [-0.1, -0.05) is 26.0 Å². The molecule has 4 N–H and O–H groups in total. The topological polar surface area (TPSA) is 175 Å². The highest BCUT2D eigenvalue weighted by Crippen LogP contribution is 2.47. The van der Waals surface area contributed by atoms with Crippen molar-refractivity contribution in [3.63, 3.8) is 0 Å². The Morgan fingerprint density at radius 1 is 0.729 bits per heavy atom. The van der Waals surface area contributed by atoms with E-state index in [-0.39, 0.29) is 82.3 Å². The maximum Gasteiger partial charge on any atom is 0.238 e. The molecule has 2 atom stereocenters. The summed E-state index contributed by atoms with van der Waals surface area (Å²) in [6, 6.07) is 5.94. The molecule has 3 amide bonds. The molecular formula is C31H55N4O11PS. The number of hydrogen-bond acceptors (Lipinski definition) is 12. The van der Waals surface area contributed by atoms with Gasteiger partial charge >= 0.3 is 0 Å². The Labute approximate surface area is 289 Å². The van der Waals surface area contributed by atoms with Gasteiger partial charge in [-0.3, -0.25) is 19.3 Å². The predicted molar refractivity (Wildman–Crippen MR) is 185 cm³/mol. The fourth-order valence-corrected chi connectivity index (χ4v) is 4.83. The number of carbonyl (C=O) groups is 3. The van der Waals surface area contributed by atoms with Crippen LogP contribution in [0.4, 0.5) is 0 Å². The van der Waals surface area contributed by atoms with Gasteiger partial charge < -0.3 is 53.8 Å². The maximum absolute atomic E-state index is 13.7. The van der Waals surface area contributed by atoms with Gasteiger partial charge in [0.15, 0.2) is 0 Å². The van der Waals surface area contributed by atoms with Crippen molar-refractivity contribution in [1.29, 1.82) is 0 Å². The molecule has 1 aromatic carbocycles. The summed E-state index contributed by atoms with van der Waals surface area (Å²) in [5, 5.41) is 8.43. The van der Waals surface area contributed by atoms with Crippen LogP contribution in [-0.2, 0) is 61.0 Å². The molecule has 0 aliphatic heterocycles. The molecule has 15 nitrogen and oxygen atoms in total. The van der Waals surface area contributed by atoms with E-state index in [2.05, 4.69) is 16.0 Å². The van der Waals surface area contributed by atoms with Crippen LogP contribution < -0.4 is 20.5 Å². The van der Waals surface area contributed by atoms with Crippen molar-refractivity contribution >= 4 is 36.0 Å². The monoisotopic (exact) mass is 722 g/mol. The molecule has 17 heteroatoms. The van der Waals surface area contributed by atoms with E-state index in [1.54, 1.807) is 59.4 Å². The number of nitrogens with one attached hydrogen (secondary N) is 3. The van der Waals surface area contributed by atoms with Gasteiger partial charge in [-0.15, -0.1) is 0 Å². The summed E-state index contributed by atoms with van der Waals surface area (Å²) >= 11 is 5.25. The van der Waals surface area contributed by atoms with E-state index in [0.717, 1.165) is 5.56 Å². The zero-order chi connectivity index (χ0) is 35.6. The summed E-state index contributed by atoms with van der Waals surface area (Å²) in [6.07, 6.45) is 0.162. The molecule has 0 aliphatic rings. The van der Waals surface area contributed by atoms with Crippen LogP contribution in [0.15, 0.2) is 24.3 Å². The Balaban J connectivity index is 3.14. The van der Waals surface area contributed by atoms with Crippen molar-refractivity contribution in [1.82, 2.24) is 20.9 Å². The first-order chi connectivity index (χ1) is 23.0. The van der Waals surface area contributed by atoms with Crippen LogP contribution >= 0.6 is 6.49 Å². The second-order valence-corrected chi connectivity index (χ2v) is 14.7. The summed E-state index contributed by atoms with van der Waals surface area (Å²) in [7, 11) is 4.71. The van der Waals surface area contributed by atoms with Crippen LogP contribution in [-0.4, -0.2) is 153 Å². The number of rotatable bonds is 29. The SMILES string of the molecule is COCCOCCNC(=O)CN(CC(=O)NCCOCCOC)C(Cc1ccc(OP(O)(=S)C(C)C)cc1)C(=O)NCCOCCOC. The summed E-state index contributed by atoms with van der Waals surface area (Å²) < 4.78 is 36.9. The minimum atomic E-state index is -3.03. The standard InChI is InChI=1S/C31H55N4O11PS/c1-25(2)47(39,48)46-27-8-6-26(7-9-27)22-28(31(38)34-12-15-45-21-18-42-5)35(23-29(36)32-10-13-43-19-16-40-3)24-30(37)33-11-14-44-20-17-41-4/h6-9,25,28H,10-24H2,1-5H3,(H,32,36)(H,33,37)(H,34,38)(H,39,48). The molecule has 0 saturated carbocycles. The number of amides is 3. The van der Waals surface area contributed by atoms with Crippen LogP contribution in [0.1, 0.15) is 19.4 Å². The van der Waals surface area contributed by atoms with E-state index in [9.17, 15) is 19.3 Å². The normalized spacial score (nSPS) is 13.2. The molecular weight excluding hydrogens is 667 g/mol. The smallest absolute Gasteiger partial charge is 0.238 e. The molecule has 276 valence electrons. The number of methoxy groups -OCH3 is 3. The van der Waals surface area contributed by atoms with Crippen LogP contribution in [0.3, 0.4) is 0 Å². The van der Waals surface area contributed by atoms with Crippen LogP contribution in [0.25, 0.3) is 0 Å². The molecule has 0 heterocycles. The Hall–Kier alpha value is -2.24. The van der Waals surface area contributed by atoms with Gasteiger partial charge in [-0.2, -0.15) is 0 Å². The van der Waals surface area contributed by atoms with E-state index in [1.165, 1.54) is 4.90 Å². The van der Waals surface area contributed by atoms with Crippen molar-refractivity contribution in [3.8, 4) is 5.75 Å². The maximum atomic E-state index is 13.7. The number of carbonyl (C=O) groups excluding carboxylic acids is 3. The Kier molecular flexibility index (Phi) is 24.3. The average molecular weight is 723 g/mol. The highest BCUT2D eigenvalue weighted by molar-refractivity contribution is 8.09. The Bertz CT molecular complexity index is 1060. The van der Waals surface area contributed by atoms with Gasteiger partial charge in [0.05, 0.1) is 78.6 Å². The van der Waals surface area contributed by atoms with E-state index < -0.39 is 12.5 Å². The first-order valence-corrected chi connectivity index (χ1v) is 18.6. The first-order valence-electron chi connectivity index (χ1n) is 15.9. The molecule has 0 radical (unpaired) electrons. The van der Waals surface area contributed by atoms with E-state index in [0.29, 0.717) is 45.4 Å². The summed E-state index contributed by atoms with van der Waals surface area (Å²) in [6.45, 7) is 4.04. The van der Waals surface area contributed by atoms with Crippen molar-refractivity contribution in [2.45, 2.75) is 32.0 Å². The molecule has 0 fully saturated rings. The molecule has 0 aliphatic carbocycles. The van der Waals surface area contributed by atoms with Gasteiger partial charge in [0.25, 0.3) is 0 Å². The number of ether oxygens (including phenoxy) is 6. The highest BCUT2D eigenvalue weighted by Gasteiger charge is 2.30. The van der Waals surface area contributed by atoms with Gasteiger partial charge in [-0.05, 0) is 35.9 Å². The third-order valence-electron chi connectivity index (χ3n) is 6.66. The van der Waals surface area contributed by atoms with E-state index in [1.807, 2.05) is 0 Å². The fraction of sp³-hybridized carbons (Fsp3) is 0.710. The quantitative estimate of drug-likeness (QED) is 0.0659. The molecule has 48 heavy (non-hydrogen) atoms. The lowest BCUT2D eigenvalue weighted by Crippen LogP contribution is -2.54. The number of nitrogens with zero attached hydrogens (tertiary/aromatic N) is 1. The van der Waals surface area contributed by atoms with Crippen LogP contribution in [0.5, 0.6) is 5.75 Å². The number of benzene rings is 1. The third kappa shape index (κ3) is 20.3. The van der Waals surface area contributed by atoms with Crippen molar-refractivity contribution in [2.75, 3.05) is 114 Å². The van der Waals surface area contributed by atoms with Crippen molar-refractivity contribution < 1.29 is 52.2 Å². The summed E-state index contributed by atoms with van der Waals surface area (Å²) in [5.41, 5.74) is 0.511. The molecule has 0 bridgehead atoms. The van der Waals surface area contributed by atoms with Gasteiger partial charge in [0.2, 0.25) is 24.2 Å². The summed E-state index contributed by atoms with van der Waals surface area (Å²) in [5.74, 6) is -0.744.